The van der Waals surface area contributed by atoms with E-state index in [1.807, 2.05) is 39.0 Å². The zero-order valence-corrected chi connectivity index (χ0v) is 17.4. The van der Waals surface area contributed by atoms with Crippen LogP contribution in [0.3, 0.4) is 0 Å². The molecule has 1 heterocycles. The van der Waals surface area contributed by atoms with E-state index in [0.717, 1.165) is 5.69 Å². The molecule has 1 unspecified atom stereocenters. The van der Waals surface area contributed by atoms with E-state index in [9.17, 15) is 4.79 Å². The quantitative estimate of drug-likeness (QED) is 0.504. The third kappa shape index (κ3) is 5.56. The standard InChI is InChI=1S/C23H23ClN2O3/c1-4-28-16(3)22-13-12-21(15(2)25-22)23(27)26-18-6-5-7-20(14-18)29-19-10-8-17(24)9-11-19/h5-14,16H,4H2,1-3H3,(H,26,27). The Hall–Kier alpha value is -2.89. The summed E-state index contributed by atoms with van der Waals surface area (Å²) < 4.78 is 11.4. The maximum Gasteiger partial charge on any atom is 0.257 e. The number of carbonyl (C=O) groups is 1. The van der Waals surface area contributed by atoms with Crippen LogP contribution in [-0.2, 0) is 4.74 Å². The Morgan fingerprint density at radius 1 is 1.10 bits per heavy atom. The molecule has 6 heteroatoms. The zero-order chi connectivity index (χ0) is 20.8. The molecule has 1 atom stereocenters. The van der Waals surface area contributed by atoms with Crippen LogP contribution in [0.15, 0.2) is 60.7 Å². The Bertz CT molecular complexity index is 990. The summed E-state index contributed by atoms with van der Waals surface area (Å²) in [4.78, 5) is 17.2. The summed E-state index contributed by atoms with van der Waals surface area (Å²) >= 11 is 5.90. The summed E-state index contributed by atoms with van der Waals surface area (Å²) in [6, 6.07) is 17.9. The van der Waals surface area contributed by atoms with E-state index in [0.29, 0.717) is 40.1 Å². The highest BCUT2D eigenvalue weighted by Gasteiger charge is 2.14. The van der Waals surface area contributed by atoms with Gasteiger partial charge in [-0.1, -0.05) is 17.7 Å². The van der Waals surface area contributed by atoms with Crippen molar-refractivity contribution in [3.8, 4) is 11.5 Å². The van der Waals surface area contributed by atoms with E-state index in [2.05, 4.69) is 10.3 Å². The van der Waals surface area contributed by atoms with E-state index in [4.69, 9.17) is 21.1 Å². The van der Waals surface area contributed by atoms with Crippen LogP contribution in [0.2, 0.25) is 5.02 Å². The van der Waals surface area contributed by atoms with E-state index in [1.165, 1.54) is 0 Å². The molecular formula is C23H23ClN2O3. The number of amides is 1. The monoisotopic (exact) mass is 410 g/mol. The summed E-state index contributed by atoms with van der Waals surface area (Å²) in [6.45, 7) is 6.31. The fourth-order valence-electron chi connectivity index (χ4n) is 2.86. The number of benzene rings is 2. The molecule has 1 amide bonds. The lowest BCUT2D eigenvalue weighted by Crippen LogP contribution is -2.15. The number of carbonyl (C=O) groups excluding carboxylic acids is 1. The molecule has 5 nitrogen and oxygen atoms in total. The van der Waals surface area contributed by atoms with E-state index in [-0.39, 0.29) is 12.0 Å². The fraction of sp³-hybridized carbons (Fsp3) is 0.217. The molecule has 2 aromatic carbocycles. The van der Waals surface area contributed by atoms with Crippen molar-refractivity contribution in [3.05, 3.63) is 82.6 Å². The molecule has 29 heavy (non-hydrogen) atoms. The Morgan fingerprint density at radius 2 is 1.86 bits per heavy atom. The molecule has 3 rings (SSSR count). The Kier molecular flexibility index (Phi) is 6.86. The number of ether oxygens (including phenoxy) is 2. The normalized spacial score (nSPS) is 11.7. The predicted molar refractivity (Wildman–Crippen MR) is 115 cm³/mol. The van der Waals surface area contributed by atoms with Gasteiger partial charge in [0.1, 0.15) is 11.5 Å². The van der Waals surface area contributed by atoms with Gasteiger partial charge in [0.05, 0.1) is 23.1 Å². The van der Waals surface area contributed by atoms with Crippen molar-refractivity contribution in [2.75, 3.05) is 11.9 Å². The maximum absolute atomic E-state index is 12.7. The van der Waals surface area contributed by atoms with Gasteiger partial charge >= 0.3 is 0 Å². The zero-order valence-electron chi connectivity index (χ0n) is 16.6. The number of hydrogen-bond donors (Lipinski definition) is 1. The molecule has 1 N–H and O–H groups in total. The highest BCUT2D eigenvalue weighted by Crippen LogP contribution is 2.26. The average molecular weight is 411 g/mol. The van der Waals surface area contributed by atoms with Crippen LogP contribution in [0, 0.1) is 6.92 Å². The summed E-state index contributed by atoms with van der Waals surface area (Å²) in [7, 11) is 0. The number of halogens is 1. The fourth-order valence-corrected chi connectivity index (χ4v) is 2.98. The van der Waals surface area contributed by atoms with Crippen LogP contribution < -0.4 is 10.1 Å². The molecule has 150 valence electrons. The smallest absolute Gasteiger partial charge is 0.257 e. The second-order valence-corrected chi connectivity index (χ2v) is 6.94. The van der Waals surface area contributed by atoms with Crippen LogP contribution in [0.5, 0.6) is 11.5 Å². The minimum atomic E-state index is -0.228. The Balaban J connectivity index is 1.71. The number of hydrogen-bond acceptors (Lipinski definition) is 4. The Morgan fingerprint density at radius 3 is 2.55 bits per heavy atom. The number of aryl methyl sites for hydroxylation is 1. The van der Waals surface area contributed by atoms with Gasteiger partial charge in [0, 0.05) is 23.4 Å². The second-order valence-electron chi connectivity index (χ2n) is 6.50. The first-order chi connectivity index (χ1) is 14.0. The number of nitrogens with one attached hydrogen (secondary N) is 1. The first-order valence-corrected chi connectivity index (χ1v) is 9.78. The van der Waals surface area contributed by atoms with Crippen molar-refractivity contribution in [3.63, 3.8) is 0 Å². The van der Waals surface area contributed by atoms with Gasteiger partial charge in [-0.05, 0) is 69.3 Å². The van der Waals surface area contributed by atoms with Crippen molar-refractivity contribution in [1.82, 2.24) is 4.98 Å². The number of anilines is 1. The van der Waals surface area contributed by atoms with Gasteiger partial charge in [-0.25, -0.2) is 0 Å². The molecule has 0 aliphatic rings. The highest BCUT2D eigenvalue weighted by molar-refractivity contribution is 6.30. The average Bonchev–Trinajstić information content (AvgIpc) is 2.70. The molecule has 0 bridgehead atoms. The lowest BCUT2D eigenvalue weighted by molar-refractivity contribution is 0.0732. The number of pyridine rings is 1. The first-order valence-electron chi connectivity index (χ1n) is 9.40. The van der Waals surface area contributed by atoms with Gasteiger partial charge in [-0.2, -0.15) is 0 Å². The van der Waals surface area contributed by atoms with E-state index < -0.39 is 0 Å². The van der Waals surface area contributed by atoms with Crippen molar-refractivity contribution >= 4 is 23.2 Å². The third-order valence-electron chi connectivity index (χ3n) is 4.33. The summed E-state index contributed by atoms with van der Waals surface area (Å²) in [5.74, 6) is 1.05. The van der Waals surface area contributed by atoms with Crippen molar-refractivity contribution in [2.45, 2.75) is 26.9 Å². The van der Waals surface area contributed by atoms with E-state index >= 15 is 0 Å². The minimum absolute atomic E-state index is 0.113. The van der Waals surface area contributed by atoms with Crippen LogP contribution >= 0.6 is 11.6 Å². The molecule has 0 fully saturated rings. The number of nitrogens with zero attached hydrogens (tertiary/aromatic N) is 1. The summed E-state index contributed by atoms with van der Waals surface area (Å²) in [5, 5.41) is 3.54. The lowest BCUT2D eigenvalue weighted by atomic mass is 10.1. The molecule has 0 aliphatic heterocycles. The molecule has 0 spiro atoms. The van der Waals surface area contributed by atoms with Crippen LogP contribution in [-0.4, -0.2) is 17.5 Å². The Labute approximate surface area is 175 Å². The molecule has 0 radical (unpaired) electrons. The van der Waals surface area contributed by atoms with E-state index in [1.54, 1.807) is 42.5 Å². The van der Waals surface area contributed by atoms with Gasteiger partial charge in [0.2, 0.25) is 0 Å². The van der Waals surface area contributed by atoms with Crippen LogP contribution in [0.1, 0.15) is 41.7 Å². The number of rotatable bonds is 7. The maximum atomic E-state index is 12.7. The minimum Gasteiger partial charge on any atom is -0.457 e. The van der Waals surface area contributed by atoms with Crippen molar-refractivity contribution in [2.24, 2.45) is 0 Å². The highest BCUT2D eigenvalue weighted by atomic mass is 35.5. The van der Waals surface area contributed by atoms with Crippen LogP contribution in [0.4, 0.5) is 5.69 Å². The summed E-state index contributed by atoms with van der Waals surface area (Å²) in [5.41, 5.74) is 2.61. The van der Waals surface area contributed by atoms with Gasteiger partial charge in [-0.15, -0.1) is 0 Å². The SMILES string of the molecule is CCOC(C)c1ccc(C(=O)Nc2cccc(Oc3ccc(Cl)cc3)c2)c(C)n1. The largest absolute Gasteiger partial charge is 0.457 e. The summed E-state index contributed by atoms with van der Waals surface area (Å²) in [6.07, 6.45) is -0.113. The van der Waals surface area contributed by atoms with Crippen LogP contribution in [0.25, 0.3) is 0 Å². The van der Waals surface area contributed by atoms with Crippen molar-refractivity contribution in [1.29, 1.82) is 0 Å². The second kappa shape index (κ2) is 9.54. The topological polar surface area (TPSA) is 60.5 Å². The molecule has 0 saturated heterocycles. The van der Waals surface area contributed by atoms with Gasteiger partial charge in [0.15, 0.2) is 0 Å². The molecular weight excluding hydrogens is 388 g/mol. The molecule has 0 saturated carbocycles. The van der Waals surface area contributed by atoms with Crippen molar-refractivity contribution < 1.29 is 14.3 Å². The first kappa shape index (κ1) is 20.8. The molecule has 1 aromatic heterocycles. The lowest BCUT2D eigenvalue weighted by Gasteiger charge is -2.14. The predicted octanol–water partition coefficient (Wildman–Crippen LogP) is 6.19. The van der Waals surface area contributed by atoms with Gasteiger partial charge in [0.25, 0.3) is 5.91 Å². The molecule has 0 aliphatic carbocycles. The molecule has 3 aromatic rings. The number of aromatic nitrogens is 1. The third-order valence-corrected chi connectivity index (χ3v) is 4.58. The van der Waals surface area contributed by atoms with Gasteiger partial charge in [-0.3, -0.25) is 9.78 Å². The van der Waals surface area contributed by atoms with Gasteiger partial charge < -0.3 is 14.8 Å².